The Morgan fingerprint density at radius 2 is 1.73 bits per heavy atom. The summed E-state index contributed by atoms with van der Waals surface area (Å²) in [5.41, 5.74) is 1.11. The quantitative estimate of drug-likeness (QED) is 0.395. The lowest BCUT2D eigenvalue weighted by molar-refractivity contribution is 0.296. The highest BCUT2D eigenvalue weighted by molar-refractivity contribution is 9.10. The van der Waals surface area contributed by atoms with E-state index in [9.17, 15) is 4.79 Å². The van der Waals surface area contributed by atoms with E-state index in [1.165, 1.54) is 0 Å². The number of rotatable bonds is 4. The predicted molar refractivity (Wildman–Crippen MR) is 104 cm³/mol. The molecular weight excluding hydrogens is 420 g/mol. The van der Waals surface area contributed by atoms with Gasteiger partial charge in [0.25, 0.3) is 0 Å². The first-order valence-electron chi connectivity index (χ1n) is 7.80. The first-order chi connectivity index (χ1) is 12.6. The van der Waals surface area contributed by atoms with Crippen LogP contribution in [0.2, 0.25) is 5.02 Å². The molecule has 2 aromatic carbocycles. The lowest BCUT2D eigenvalue weighted by Crippen LogP contribution is -2.10. The van der Waals surface area contributed by atoms with Crippen LogP contribution in [0.1, 0.15) is 5.56 Å². The third-order valence-electron chi connectivity index (χ3n) is 3.85. The molecule has 0 aliphatic rings. The second-order valence-electron chi connectivity index (χ2n) is 5.60. The highest BCUT2D eigenvalue weighted by Gasteiger charge is 2.20. The van der Waals surface area contributed by atoms with Crippen molar-refractivity contribution in [1.82, 2.24) is 0 Å². The highest BCUT2D eigenvalue weighted by Crippen LogP contribution is 2.33. The Balaban J connectivity index is 1.81. The summed E-state index contributed by atoms with van der Waals surface area (Å²) in [6.07, 6.45) is 0. The molecule has 0 saturated carbocycles. The van der Waals surface area contributed by atoms with E-state index in [4.69, 9.17) is 25.2 Å². The van der Waals surface area contributed by atoms with Crippen molar-refractivity contribution in [1.29, 1.82) is 0 Å². The van der Waals surface area contributed by atoms with E-state index in [1.54, 1.807) is 48.5 Å². The summed E-state index contributed by atoms with van der Waals surface area (Å²) in [6.45, 7) is 0.204. The molecule has 26 heavy (non-hydrogen) atoms. The second-order valence-corrected chi connectivity index (χ2v) is 6.82. The van der Waals surface area contributed by atoms with E-state index < -0.39 is 0 Å². The Morgan fingerprint density at radius 3 is 2.46 bits per heavy atom. The smallest absolute Gasteiger partial charge is 0.235 e. The van der Waals surface area contributed by atoms with Crippen molar-refractivity contribution in [3.05, 3.63) is 86.1 Å². The van der Waals surface area contributed by atoms with E-state index >= 15 is 0 Å². The minimum atomic E-state index is -0.247. The number of benzene rings is 2. The van der Waals surface area contributed by atoms with Gasteiger partial charge in [-0.1, -0.05) is 35.9 Å². The van der Waals surface area contributed by atoms with Gasteiger partial charge in [0.15, 0.2) is 10.4 Å². The SMILES string of the molecule is O=c1c(OCc2ccc(Cl)cc2)c(-c2ccc(Br)o2)oc2ccccc12. The fourth-order valence-corrected chi connectivity index (χ4v) is 3.02. The van der Waals surface area contributed by atoms with E-state index in [1.807, 2.05) is 12.1 Å². The van der Waals surface area contributed by atoms with Crippen molar-refractivity contribution < 1.29 is 13.6 Å². The summed E-state index contributed by atoms with van der Waals surface area (Å²) < 4.78 is 17.9. The molecule has 0 aliphatic heterocycles. The van der Waals surface area contributed by atoms with Crippen molar-refractivity contribution in [2.45, 2.75) is 6.61 Å². The van der Waals surface area contributed by atoms with Crippen LogP contribution in [0.5, 0.6) is 5.75 Å². The van der Waals surface area contributed by atoms with Crippen LogP contribution < -0.4 is 10.2 Å². The molecule has 0 radical (unpaired) electrons. The van der Waals surface area contributed by atoms with Gasteiger partial charge in [0.2, 0.25) is 16.9 Å². The topological polar surface area (TPSA) is 52.6 Å². The normalized spacial score (nSPS) is 11.0. The van der Waals surface area contributed by atoms with Crippen LogP contribution in [0, 0.1) is 0 Å². The molecular formula is C20H12BrClO4. The lowest BCUT2D eigenvalue weighted by Gasteiger charge is -2.10. The van der Waals surface area contributed by atoms with E-state index in [-0.39, 0.29) is 23.5 Å². The minimum absolute atomic E-state index is 0.112. The van der Waals surface area contributed by atoms with Gasteiger partial charge in [0.05, 0.1) is 5.39 Å². The first kappa shape index (κ1) is 16.9. The second kappa shape index (κ2) is 7.02. The van der Waals surface area contributed by atoms with Crippen LogP contribution in [0.4, 0.5) is 0 Å². The number of fused-ring (bicyclic) bond motifs is 1. The zero-order valence-electron chi connectivity index (χ0n) is 13.4. The number of hydrogen-bond acceptors (Lipinski definition) is 4. The molecule has 0 spiro atoms. The molecule has 0 unspecified atom stereocenters. The summed E-state index contributed by atoms with van der Waals surface area (Å²) in [6, 6.07) is 17.7. The molecule has 0 atom stereocenters. The van der Waals surface area contributed by atoms with Crippen molar-refractivity contribution in [3.8, 4) is 17.3 Å². The summed E-state index contributed by atoms with van der Waals surface area (Å²) in [5.74, 6) is 0.777. The number of furan rings is 1. The summed E-state index contributed by atoms with van der Waals surface area (Å²) >= 11 is 9.17. The van der Waals surface area contributed by atoms with Crippen LogP contribution in [0.15, 0.2) is 79.0 Å². The maximum absolute atomic E-state index is 12.9. The third kappa shape index (κ3) is 3.28. The van der Waals surface area contributed by atoms with Gasteiger partial charge in [-0.3, -0.25) is 4.79 Å². The monoisotopic (exact) mass is 430 g/mol. The Bertz CT molecular complexity index is 1130. The van der Waals surface area contributed by atoms with Gasteiger partial charge in [-0.15, -0.1) is 0 Å². The Labute approximate surface area is 162 Å². The van der Waals surface area contributed by atoms with E-state index in [0.29, 0.717) is 26.4 Å². The molecule has 6 heteroatoms. The molecule has 0 N–H and O–H groups in total. The average Bonchev–Trinajstić information content (AvgIpc) is 3.08. The number of ether oxygens (including phenoxy) is 1. The van der Waals surface area contributed by atoms with Crippen LogP contribution >= 0.6 is 27.5 Å². The van der Waals surface area contributed by atoms with Crippen molar-refractivity contribution in [2.24, 2.45) is 0 Å². The van der Waals surface area contributed by atoms with Crippen LogP contribution in [0.25, 0.3) is 22.5 Å². The highest BCUT2D eigenvalue weighted by atomic mass is 79.9. The predicted octanol–water partition coefficient (Wildman–Crippen LogP) is 6.05. The molecule has 0 amide bonds. The molecule has 4 aromatic rings. The molecule has 0 fully saturated rings. The summed E-state index contributed by atoms with van der Waals surface area (Å²) in [7, 11) is 0. The van der Waals surface area contributed by atoms with Gasteiger partial charge in [0, 0.05) is 5.02 Å². The van der Waals surface area contributed by atoms with Gasteiger partial charge in [-0.05, 0) is 57.9 Å². The molecule has 4 nitrogen and oxygen atoms in total. The Hall–Kier alpha value is -2.50. The van der Waals surface area contributed by atoms with Crippen molar-refractivity contribution >= 4 is 38.5 Å². The molecule has 2 aromatic heterocycles. The molecule has 0 aliphatic carbocycles. The number of hydrogen-bond donors (Lipinski definition) is 0. The van der Waals surface area contributed by atoms with Gasteiger partial charge in [-0.25, -0.2) is 0 Å². The van der Waals surface area contributed by atoms with Crippen LogP contribution in [0.3, 0.4) is 0 Å². The summed E-state index contributed by atoms with van der Waals surface area (Å²) in [5, 5.41) is 1.09. The van der Waals surface area contributed by atoms with Gasteiger partial charge < -0.3 is 13.6 Å². The fraction of sp³-hybridized carbons (Fsp3) is 0.0500. The van der Waals surface area contributed by atoms with E-state index in [2.05, 4.69) is 15.9 Å². The number of halogens is 2. The molecule has 0 saturated heterocycles. The zero-order valence-corrected chi connectivity index (χ0v) is 15.7. The fourth-order valence-electron chi connectivity index (χ4n) is 2.59. The maximum Gasteiger partial charge on any atom is 0.235 e. The molecule has 4 rings (SSSR count). The van der Waals surface area contributed by atoms with Crippen LogP contribution in [-0.4, -0.2) is 0 Å². The Morgan fingerprint density at radius 1 is 0.962 bits per heavy atom. The third-order valence-corrected chi connectivity index (χ3v) is 4.53. The van der Waals surface area contributed by atoms with E-state index in [0.717, 1.165) is 5.56 Å². The van der Waals surface area contributed by atoms with Crippen molar-refractivity contribution in [3.63, 3.8) is 0 Å². The zero-order chi connectivity index (χ0) is 18.1. The largest absolute Gasteiger partial charge is 0.481 e. The van der Waals surface area contributed by atoms with Crippen LogP contribution in [-0.2, 0) is 6.61 Å². The average molecular weight is 432 g/mol. The molecule has 130 valence electrons. The Kier molecular flexibility index (Phi) is 4.57. The molecule has 2 heterocycles. The lowest BCUT2D eigenvalue weighted by atomic mass is 10.2. The molecule has 0 bridgehead atoms. The van der Waals surface area contributed by atoms with Gasteiger partial charge in [-0.2, -0.15) is 0 Å². The van der Waals surface area contributed by atoms with Gasteiger partial charge in [0.1, 0.15) is 12.2 Å². The number of para-hydroxylation sites is 1. The summed E-state index contributed by atoms with van der Waals surface area (Å²) in [4.78, 5) is 12.9. The van der Waals surface area contributed by atoms with Gasteiger partial charge >= 0.3 is 0 Å². The van der Waals surface area contributed by atoms with Crippen molar-refractivity contribution in [2.75, 3.05) is 0 Å². The minimum Gasteiger partial charge on any atom is -0.481 e. The maximum atomic E-state index is 12.9. The standard InChI is InChI=1S/C20H12BrClO4/c21-17-10-9-16(25-17)19-20(24-11-12-5-7-13(22)8-6-12)18(23)14-3-1-2-4-15(14)26-19/h1-10H,11H2. The first-order valence-corrected chi connectivity index (χ1v) is 8.98.